The molecule has 5 heteroatoms. The van der Waals surface area contributed by atoms with Gasteiger partial charge in [-0.15, -0.1) is 0 Å². The molecule has 0 radical (unpaired) electrons. The molecule has 1 aromatic carbocycles. The molecule has 0 saturated carbocycles. The second-order valence-electron chi connectivity index (χ2n) is 6.92. The molecular formula is C19H30N2O3. The maximum atomic E-state index is 12.1. The first-order valence-electron chi connectivity index (χ1n) is 8.76. The summed E-state index contributed by atoms with van der Waals surface area (Å²) >= 11 is 0. The number of rotatable bonds is 7. The van der Waals surface area contributed by atoms with Crippen molar-refractivity contribution in [1.29, 1.82) is 0 Å². The predicted molar refractivity (Wildman–Crippen MR) is 96.5 cm³/mol. The van der Waals surface area contributed by atoms with E-state index in [0.717, 1.165) is 18.0 Å². The zero-order chi connectivity index (χ0) is 17.6. The second-order valence-corrected chi connectivity index (χ2v) is 6.92. The van der Waals surface area contributed by atoms with Crippen molar-refractivity contribution in [1.82, 2.24) is 4.90 Å². The Hall–Kier alpha value is -1.59. The normalized spacial score (nSPS) is 19.1. The van der Waals surface area contributed by atoms with Gasteiger partial charge < -0.3 is 14.8 Å². The Morgan fingerprint density at radius 3 is 2.62 bits per heavy atom. The Morgan fingerprint density at radius 1 is 1.29 bits per heavy atom. The third-order valence-electron chi connectivity index (χ3n) is 4.76. The number of likely N-dealkylation sites (tertiary alicyclic amines) is 1. The van der Waals surface area contributed by atoms with E-state index in [4.69, 9.17) is 9.47 Å². The first kappa shape index (κ1) is 18.7. The molecule has 0 aromatic heterocycles. The minimum absolute atomic E-state index is 0.169. The van der Waals surface area contributed by atoms with Gasteiger partial charge in [0.25, 0.3) is 5.91 Å². The highest BCUT2D eigenvalue weighted by Crippen LogP contribution is 2.19. The standard InChI is InChI=1S/C19H30N2O3/c1-15-7-5-6-12-21(15)13-14-24-17-10-8-16(9-11-17)20-18(22)19(2,3)23-4/h8-11,15H,5-7,12-14H2,1-4H3,(H,20,22)/t15-/m0/s1. The molecule has 0 unspecified atom stereocenters. The van der Waals surface area contributed by atoms with E-state index in [1.807, 2.05) is 24.3 Å². The van der Waals surface area contributed by atoms with Gasteiger partial charge in [-0.1, -0.05) is 6.42 Å². The van der Waals surface area contributed by atoms with Crippen molar-refractivity contribution in [2.45, 2.75) is 51.7 Å². The van der Waals surface area contributed by atoms with Crippen LogP contribution in [-0.2, 0) is 9.53 Å². The molecule has 1 aliphatic rings. The fourth-order valence-corrected chi connectivity index (χ4v) is 2.78. The summed E-state index contributed by atoms with van der Waals surface area (Å²) in [4.78, 5) is 14.5. The van der Waals surface area contributed by atoms with Crippen LogP contribution in [0, 0.1) is 0 Å². The summed E-state index contributed by atoms with van der Waals surface area (Å²) in [6.07, 6.45) is 3.91. The molecule has 0 bridgehead atoms. The zero-order valence-corrected chi connectivity index (χ0v) is 15.3. The van der Waals surface area contributed by atoms with Gasteiger partial charge in [0.1, 0.15) is 18.0 Å². The van der Waals surface area contributed by atoms with Crippen molar-refractivity contribution >= 4 is 11.6 Å². The van der Waals surface area contributed by atoms with Crippen molar-refractivity contribution < 1.29 is 14.3 Å². The Morgan fingerprint density at radius 2 is 2.00 bits per heavy atom. The number of benzene rings is 1. The van der Waals surface area contributed by atoms with E-state index >= 15 is 0 Å². The summed E-state index contributed by atoms with van der Waals surface area (Å²) in [5, 5.41) is 2.85. The number of nitrogens with zero attached hydrogens (tertiary/aromatic N) is 1. The van der Waals surface area contributed by atoms with Crippen LogP contribution in [0.3, 0.4) is 0 Å². The molecule has 1 heterocycles. The van der Waals surface area contributed by atoms with Gasteiger partial charge in [-0.3, -0.25) is 9.69 Å². The fourth-order valence-electron chi connectivity index (χ4n) is 2.78. The highest BCUT2D eigenvalue weighted by Gasteiger charge is 2.26. The summed E-state index contributed by atoms with van der Waals surface area (Å²) in [7, 11) is 1.53. The molecule has 1 N–H and O–H groups in total. The molecule has 2 rings (SSSR count). The van der Waals surface area contributed by atoms with Crippen LogP contribution in [0.1, 0.15) is 40.0 Å². The van der Waals surface area contributed by atoms with Crippen LogP contribution >= 0.6 is 0 Å². The average molecular weight is 334 g/mol. The molecule has 0 aliphatic carbocycles. The number of anilines is 1. The van der Waals surface area contributed by atoms with Crippen LogP contribution in [0.25, 0.3) is 0 Å². The van der Waals surface area contributed by atoms with E-state index in [0.29, 0.717) is 12.6 Å². The maximum absolute atomic E-state index is 12.1. The number of methoxy groups -OCH3 is 1. The van der Waals surface area contributed by atoms with Gasteiger partial charge in [0.05, 0.1) is 0 Å². The van der Waals surface area contributed by atoms with E-state index in [1.54, 1.807) is 13.8 Å². The lowest BCUT2D eigenvalue weighted by Crippen LogP contribution is -2.39. The number of amides is 1. The van der Waals surface area contributed by atoms with Crippen LogP contribution in [0.15, 0.2) is 24.3 Å². The topological polar surface area (TPSA) is 50.8 Å². The van der Waals surface area contributed by atoms with Crippen molar-refractivity contribution in [3.05, 3.63) is 24.3 Å². The highest BCUT2D eigenvalue weighted by atomic mass is 16.5. The molecule has 1 fully saturated rings. The van der Waals surface area contributed by atoms with E-state index < -0.39 is 5.60 Å². The number of hydrogen-bond donors (Lipinski definition) is 1. The molecule has 24 heavy (non-hydrogen) atoms. The largest absolute Gasteiger partial charge is 0.492 e. The monoisotopic (exact) mass is 334 g/mol. The lowest BCUT2D eigenvalue weighted by Gasteiger charge is -2.33. The Balaban J connectivity index is 1.78. The summed E-state index contributed by atoms with van der Waals surface area (Å²) < 4.78 is 11.0. The molecule has 0 spiro atoms. The van der Waals surface area contributed by atoms with Crippen LogP contribution < -0.4 is 10.1 Å². The second kappa shape index (κ2) is 8.49. The Bertz CT molecular complexity index is 528. The van der Waals surface area contributed by atoms with Crippen molar-refractivity contribution in [3.63, 3.8) is 0 Å². The van der Waals surface area contributed by atoms with Gasteiger partial charge in [-0.25, -0.2) is 0 Å². The molecular weight excluding hydrogens is 304 g/mol. The van der Waals surface area contributed by atoms with E-state index in [-0.39, 0.29) is 5.91 Å². The number of carbonyl (C=O) groups excluding carboxylic acids is 1. The van der Waals surface area contributed by atoms with Gasteiger partial charge >= 0.3 is 0 Å². The molecule has 1 aliphatic heterocycles. The molecule has 1 aromatic rings. The zero-order valence-electron chi connectivity index (χ0n) is 15.3. The summed E-state index contributed by atoms with van der Waals surface area (Å²) in [6.45, 7) is 8.58. The first-order chi connectivity index (χ1) is 11.4. The minimum atomic E-state index is -0.847. The third kappa shape index (κ3) is 5.21. The highest BCUT2D eigenvalue weighted by molar-refractivity contribution is 5.96. The number of piperidine rings is 1. The average Bonchev–Trinajstić information content (AvgIpc) is 2.58. The molecule has 1 amide bonds. The van der Waals surface area contributed by atoms with Crippen LogP contribution in [0.4, 0.5) is 5.69 Å². The number of nitrogens with one attached hydrogen (secondary N) is 1. The van der Waals surface area contributed by atoms with Gasteiger partial charge in [0.2, 0.25) is 0 Å². The number of carbonyl (C=O) groups is 1. The first-order valence-corrected chi connectivity index (χ1v) is 8.76. The van der Waals surface area contributed by atoms with Gasteiger partial charge in [-0.2, -0.15) is 0 Å². The van der Waals surface area contributed by atoms with Crippen molar-refractivity contribution in [2.75, 3.05) is 32.1 Å². The maximum Gasteiger partial charge on any atom is 0.256 e. The van der Waals surface area contributed by atoms with Crippen LogP contribution in [-0.4, -0.2) is 49.3 Å². The number of ether oxygens (including phenoxy) is 2. The molecule has 1 atom stereocenters. The molecule has 5 nitrogen and oxygen atoms in total. The fraction of sp³-hybridized carbons (Fsp3) is 0.632. The SMILES string of the molecule is COC(C)(C)C(=O)Nc1ccc(OCCN2CCCC[C@@H]2C)cc1. The smallest absolute Gasteiger partial charge is 0.256 e. The predicted octanol–water partition coefficient (Wildman–Crippen LogP) is 3.30. The molecule has 1 saturated heterocycles. The van der Waals surface area contributed by atoms with Crippen molar-refractivity contribution in [2.24, 2.45) is 0 Å². The third-order valence-corrected chi connectivity index (χ3v) is 4.76. The Labute approximate surface area is 145 Å². The van der Waals surface area contributed by atoms with Crippen molar-refractivity contribution in [3.8, 4) is 5.75 Å². The van der Waals surface area contributed by atoms with E-state index in [2.05, 4.69) is 17.1 Å². The van der Waals surface area contributed by atoms with Crippen LogP contribution in [0.2, 0.25) is 0 Å². The summed E-state index contributed by atoms with van der Waals surface area (Å²) in [6, 6.07) is 8.12. The lowest BCUT2D eigenvalue weighted by molar-refractivity contribution is -0.133. The molecule has 134 valence electrons. The quantitative estimate of drug-likeness (QED) is 0.831. The van der Waals surface area contributed by atoms with Crippen LogP contribution in [0.5, 0.6) is 5.75 Å². The summed E-state index contributed by atoms with van der Waals surface area (Å²) in [5.74, 6) is 0.654. The van der Waals surface area contributed by atoms with Gasteiger partial charge in [-0.05, 0) is 64.4 Å². The minimum Gasteiger partial charge on any atom is -0.492 e. The lowest BCUT2D eigenvalue weighted by atomic mass is 10.0. The van der Waals surface area contributed by atoms with Gasteiger partial charge in [0.15, 0.2) is 0 Å². The number of hydrogen-bond acceptors (Lipinski definition) is 4. The van der Waals surface area contributed by atoms with Gasteiger partial charge in [0, 0.05) is 25.4 Å². The van der Waals surface area contributed by atoms with E-state index in [1.165, 1.54) is 32.9 Å². The Kier molecular flexibility index (Phi) is 6.63. The summed E-state index contributed by atoms with van der Waals surface area (Å²) in [5.41, 5.74) is -0.109. The van der Waals surface area contributed by atoms with E-state index in [9.17, 15) is 4.79 Å².